The first-order valence-electron chi connectivity index (χ1n) is 10.1. The molecule has 3 rings (SSSR count). The lowest BCUT2D eigenvalue weighted by atomic mass is 10.2. The summed E-state index contributed by atoms with van der Waals surface area (Å²) in [5.41, 5.74) is 0.957. The molecule has 1 heterocycles. The van der Waals surface area contributed by atoms with Crippen molar-refractivity contribution < 1.29 is 14.3 Å². The Bertz CT molecular complexity index is 1140. The molecule has 8 nitrogen and oxygen atoms in total. The Hall–Kier alpha value is -2.75. The standard InChI is InChI=1S/C22H23Cl2N5O3S/c1-4-29-20(13(2)25-21(31)14-8-10-15(32-3)11-9-14)27-28-22(29)33-12-18(30)26-17-7-5-6-16(23)19(17)24/h5-11,13H,4,12H2,1-3H3,(H,25,31)(H,26,30)/t13-/m0/s1. The number of ether oxygens (including phenoxy) is 1. The van der Waals surface area contributed by atoms with Crippen LogP contribution in [0.3, 0.4) is 0 Å². The highest BCUT2D eigenvalue weighted by molar-refractivity contribution is 7.99. The largest absolute Gasteiger partial charge is 0.497 e. The van der Waals surface area contributed by atoms with Gasteiger partial charge in [-0.25, -0.2) is 0 Å². The van der Waals surface area contributed by atoms with E-state index in [4.69, 9.17) is 27.9 Å². The van der Waals surface area contributed by atoms with E-state index in [1.54, 1.807) is 49.6 Å². The lowest BCUT2D eigenvalue weighted by Gasteiger charge is -2.15. The van der Waals surface area contributed by atoms with Crippen LogP contribution in [0.2, 0.25) is 10.0 Å². The molecule has 174 valence electrons. The predicted octanol–water partition coefficient (Wildman–Crippen LogP) is 4.84. The van der Waals surface area contributed by atoms with Gasteiger partial charge in [-0.3, -0.25) is 9.59 Å². The summed E-state index contributed by atoms with van der Waals surface area (Å²) in [4.78, 5) is 25.0. The van der Waals surface area contributed by atoms with E-state index in [2.05, 4.69) is 20.8 Å². The molecular formula is C22H23Cl2N5O3S. The lowest BCUT2D eigenvalue weighted by molar-refractivity contribution is -0.113. The van der Waals surface area contributed by atoms with Crippen LogP contribution < -0.4 is 15.4 Å². The van der Waals surface area contributed by atoms with Crippen LogP contribution in [0, 0.1) is 0 Å². The van der Waals surface area contributed by atoms with Crippen molar-refractivity contribution >= 4 is 52.5 Å². The Morgan fingerprint density at radius 3 is 2.55 bits per heavy atom. The van der Waals surface area contributed by atoms with Gasteiger partial charge in [-0.2, -0.15) is 0 Å². The molecule has 0 bridgehead atoms. The van der Waals surface area contributed by atoms with Gasteiger partial charge in [0.1, 0.15) is 5.75 Å². The normalized spacial score (nSPS) is 11.7. The van der Waals surface area contributed by atoms with Crippen molar-refractivity contribution in [3.63, 3.8) is 0 Å². The summed E-state index contributed by atoms with van der Waals surface area (Å²) in [6, 6.07) is 11.5. The van der Waals surface area contributed by atoms with Crippen LogP contribution >= 0.6 is 35.0 Å². The summed E-state index contributed by atoms with van der Waals surface area (Å²) in [7, 11) is 1.57. The third kappa shape index (κ3) is 6.19. The van der Waals surface area contributed by atoms with Crippen molar-refractivity contribution in [3.05, 3.63) is 63.9 Å². The summed E-state index contributed by atoms with van der Waals surface area (Å²) in [5, 5.41) is 15.3. The highest BCUT2D eigenvalue weighted by Crippen LogP contribution is 2.30. The number of thioether (sulfide) groups is 1. The van der Waals surface area contributed by atoms with Crippen molar-refractivity contribution in [2.75, 3.05) is 18.2 Å². The number of hydrogen-bond donors (Lipinski definition) is 2. The van der Waals surface area contributed by atoms with Crippen molar-refractivity contribution in [2.45, 2.75) is 31.6 Å². The highest BCUT2D eigenvalue weighted by Gasteiger charge is 2.20. The van der Waals surface area contributed by atoms with E-state index in [1.807, 2.05) is 18.4 Å². The van der Waals surface area contributed by atoms with E-state index < -0.39 is 0 Å². The third-order valence-corrected chi connectivity index (χ3v) is 6.49. The Labute approximate surface area is 206 Å². The number of amides is 2. The van der Waals surface area contributed by atoms with Gasteiger partial charge < -0.3 is 19.9 Å². The van der Waals surface area contributed by atoms with Crippen LogP contribution in [-0.4, -0.2) is 39.4 Å². The molecule has 0 spiro atoms. The van der Waals surface area contributed by atoms with Gasteiger partial charge in [0.05, 0.1) is 34.6 Å². The number of halogens is 2. The minimum atomic E-state index is -0.388. The molecule has 33 heavy (non-hydrogen) atoms. The SMILES string of the molecule is CCn1c(SCC(=O)Nc2cccc(Cl)c2Cl)nnc1[C@H](C)NC(=O)c1ccc(OC)cc1. The quantitative estimate of drug-likeness (QED) is 0.402. The number of rotatable bonds is 9. The van der Waals surface area contributed by atoms with E-state index >= 15 is 0 Å². The first-order valence-corrected chi connectivity index (χ1v) is 11.8. The first-order chi connectivity index (χ1) is 15.8. The molecule has 11 heteroatoms. The van der Waals surface area contributed by atoms with E-state index in [-0.39, 0.29) is 28.6 Å². The summed E-state index contributed by atoms with van der Waals surface area (Å²) < 4.78 is 6.98. The molecule has 0 fully saturated rings. The van der Waals surface area contributed by atoms with E-state index in [1.165, 1.54) is 11.8 Å². The number of methoxy groups -OCH3 is 1. The van der Waals surface area contributed by atoms with Crippen LogP contribution in [0.4, 0.5) is 5.69 Å². The van der Waals surface area contributed by atoms with Crippen molar-refractivity contribution in [1.82, 2.24) is 20.1 Å². The minimum absolute atomic E-state index is 0.105. The zero-order valence-electron chi connectivity index (χ0n) is 18.3. The van der Waals surface area contributed by atoms with E-state index in [0.717, 1.165) is 0 Å². The first kappa shape index (κ1) is 24.9. The maximum Gasteiger partial charge on any atom is 0.251 e. The molecular weight excluding hydrogens is 485 g/mol. The zero-order chi connectivity index (χ0) is 24.0. The molecule has 2 amide bonds. The molecule has 2 aromatic carbocycles. The van der Waals surface area contributed by atoms with Gasteiger partial charge in [0, 0.05) is 12.1 Å². The van der Waals surface area contributed by atoms with Gasteiger partial charge in [-0.05, 0) is 50.2 Å². The predicted molar refractivity (Wildman–Crippen MR) is 130 cm³/mol. The zero-order valence-corrected chi connectivity index (χ0v) is 20.6. The van der Waals surface area contributed by atoms with Crippen molar-refractivity contribution in [3.8, 4) is 5.75 Å². The molecule has 1 atom stereocenters. The van der Waals surface area contributed by atoms with Crippen LogP contribution in [0.1, 0.15) is 36.1 Å². The number of benzene rings is 2. The lowest BCUT2D eigenvalue weighted by Crippen LogP contribution is -2.28. The maximum atomic E-state index is 12.6. The van der Waals surface area contributed by atoms with Crippen LogP contribution in [0.25, 0.3) is 0 Å². The Balaban J connectivity index is 1.63. The molecule has 3 aromatic rings. The van der Waals surface area contributed by atoms with Gasteiger partial charge in [-0.15, -0.1) is 10.2 Å². The fourth-order valence-corrected chi connectivity index (χ4v) is 4.19. The summed E-state index contributed by atoms with van der Waals surface area (Å²) in [6.45, 7) is 4.36. The Morgan fingerprint density at radius 1 is 1.15 bits per heavy atom. The van der Waals surface area contributed by atoms with Gasteiger partial charge >= 0.3 is 0 Å². The summed E-state index contributed by atoms with van der Waals surface area (Å²) in [6.07, 6.45) is 0. The van der Waals surface area contributed by atoms with Gasteiger partial charge in [0.15, 0.2) is 11.0 Å². The molecule has 0 saturated carbocycles. The minimum Gasteiger partial charge on any atom is -0.497 e. The van der Waals surface area contributed by atoms with Crippen LogP contribution in [0.15, 0.2) is 47.6 Å². The molecule has 0 saturated heterocycles. The number of nitrogens with one attached hydrogen (secondary N) is 2. The van der Waals surface area contributed by atoms with E-state index in [9.17, 15) is 9.59 Å². The van der Waals surface area contributed by atoms with Crippen molar-refractivity contribution in [2.24, 2.45) is 0 Å². The second kappa shape index (κ2) is 11.4. The number of carbonyl (C=O) groups excluding carboxylic acids is 2. The number of hydrogen-bond acceptors (Lipinski definition) is 6. The third-order valence-electron chi connectivity index (χ3n) is 4.71. The smallest absolute Gasteiger partial charge is 0.251 e. The summed E-state index contributed by atoms with van der Waals surface area (Å²) >= 11 is 13.3. The topological polar surface area (TPSA) is 98.1 Å². The number of nitrogens with zero attached hydrogens (tertiary/aromatic N) is 3. The molecule has 1 aromatic heterocycles. The molecule has 0 aliphatic carbocycles. The Kier molecular flexibility index (Phi) is 8.60. The average molecular weight is 508 g/mol. The molecule has 0 radical (unpaired) electrons. The van der Waals surface area contributed by atoms with Gasteiger partial charge in [0.25, 0.3) is 5.91 Å². The van der Waals surface area contributed by atoms with Crippen LogP contribution in [0.5, 0.6) is 5.75 Å². The average Bonchev–Trinajstić information content (AvgIpc) is 3.24. The molecule has 0 aliphatic rings. The number of carbonyl (C=O) groups is 2. The maximum absolute atomic E-state index is 12.6. The van der Waals surface area contributed by atoms with Crippen molar-refractivity contribution in [1.29, 1.82) is 0 Å². The van der Waals surface area contributed by atoms with Gasteiger partial charge in [0.2, 0.25) is 5.91 Å². The highest BCUT2D eigenvalue weighted by atomic mass is 35.5. The second-order valence-electron chi connectivity index (χ2n) is 6.95. The van der Waals surface area contributed by atoms with Gasteiger partial charge in [-0.1, -0.05) is 41.0 Å². The second-order valence-corrected chi connectivity index (χ2v) is 8.67. The molecule has 2 N–H and O–H groups in total. The monoisotopic (exact) mass is 507 g/mol. The summed E-state index contributed by atoms with van der Waals surface area (Å²) in [5.74, 6) is 0.891. The fraction of sp³-hybridized carbons (Fsp3) is 0.273. The molecule has 0 aliphatic heterocycles. The van der Waals surface area contributed by atoms with Crippen LogP contribution in [-0.2, 0) is 11.3 Å². The number of aromatic nitrogens is 3. The fourth-order valence-electron chi connectivity index (χ4n) is 3.03. The Morgan fingerprint density at radius 2 is 1.88 bits per heavy atom. The number of anilines is 1. The van der Waals surface area contributed by atoms with E-state index in [0.29, 0.717) is 39.5 Å². The molecule has 0 unspecified atom stereocenters.